The minimum atomic E-state index is -3.66. The standard InChI is InChI=1S/C9H15N3O3S2/c10-17(14,15)8-4-11-9(16-8)12-3-1-2-7(5-12)6-13/h4,7,13H,1-3,5-6H2,(H2,10,14,15)/t7-/m1/s1. The van der Waals surface area contributed by atoms with Crippen LogP contribution in [0.2, 0.25) is 0 Å². The molecule has 2 heterocycles. The lowest BCUT2D eigenvalue weighted by Crippen LogP contribution is -2.36. The highest BCUT2D eigenvalue weighted by Gasteiger charge is 2.23. The highest BCUT2D eigenvalue weighted by Crippen LogP contribution is 2.28. The Labute approximate surface area is 104 Å². The summed E-state index contributed by atoms with van der Waals surface area (Å²) in [5.41, 5.74) is 0. The predicted octanol–water partition coefficient (Wildman–Crippen LogP) is -0.000800. The van der Waals surface area contributed by atoms with Gasteiger partial charge in [-0.05, 0) is 18.8 Å². The molecule has 1 aromatic heterocycles. The SMILES string of the molecule is NS(=O)(=O)c1cnc(N2CCC[C@@H](CO)C2)s1. The van der Waals surface area contributed by atoms with Crippen molar-refractivity contribution in [1.82, 2.24) is 4.98 Å². The fourth-order valence-electron chi connectivity index (χ4n) is 1.92. The van der Waals surface area contributed by atoms with E-state index in [0.717, 1.165) is 30.7 Å². The molecule has 0 bridgehead atoms. The second-order valence-corrected chi connectivity index (χ2v) is 6.94. The van der Waals surface area contributed by atoms with Crippen molar-refractivity contribution >= 4 is 26.5 Å². The van der Waals surface area contributed by atoms with E-state index >= 15 is 0 Å². The molecule has 1 aliphatic rings. The number of anilines is 1. The molecule has 1 aliphatic heterocycles. The summed E-state index contributed by atoms with van der Waals surface area (Å²) in [4.78, 5) is 6.08. The van der Waals surface area contributed by atoms with Crippen molar-refractivity contribution in [3.63, 3.8) is 0 Å². The van der Waals surface area contributed by atoms with E-state index in [0.29, 0.717) is 11.7 Å². The van der Waals surface area contributed by atoms with Gasteiger partial charge >= 0.3 is 0 Å². The Morgan fingerprint density at radius 2 is 2.41 bits per heavy atom. The number of nitrogens with two attached hydrogens (primary N) is 1. The van der Waals surface area contributed by atoms with Gasteiger partial charge in [0.05, 0.1) is 6.20 Å². The lowest BCUT2D eigenvalue weighted by molar-refractivity contribution is 0.208. The monoisotopic (exact) mass is 277 g/mol. The Balaban J connectivity index is 2.15. The molecule has 1 saturated heterocycles. The number of hydrogen-bond donors (Lipinski definition) is 2. The summed E-state index contributed by atoms with van der Waals surface area (Å²) in [6.45, 7) is 1.71. The zero-order chi connectivity index (χ0) is 12.5. The summed E-state index contributed by atoms with van der Waals surface area (Å²) in [7, 11) is -3.66. The van der Waals surface area contributed by atoms with Crippen LogP contribution in [0.15, 0.2) is 10.4 Å². The number of sulfonamides is 1. The number of aliphatic hydroxyl groups is 1. The highest BCUT2D eigenvalue weighted by atomic mass is 32.2. The number of thiazole rings is 1. The molecule has 0 aromatic carbocycles. The first-order chi connectivity index (χ1) is 8.00. The van der Waals surface area contributed by atoms with Crippen LogP contribution >= 0.6 is 11.3 Å². The van der Waals surface area contributed by atoms with Crippen LogP contribution in [-0.4, -0.2) is 38.2 Å². The van der Waals surface area contributed by atoms with E-state index in [2.05, 4.69) is 4.98 Å². The van der Waals surface area contributed by atoms with Gasteiger partial charge < -0.3 is 10.0 Å². The van der Waals surface area contributed by atoms with Gasteiger partial charge in [-0.1, -0.05) is 11.3 Å². The number of aliphatic hydroxyl groups excluding tert-OH is 1. The van der Waals surface area contributed by atoms with Gasteiger partial charge in [0.15, 0.2) is 9.34 Å². The van der Waals surface area contributed by atoms with E-state index in [-0.39, 0.29) is 16.7 Å². The third kappa shape index (κ3) is 2.95. The van der Waals surface area contributed by atoms with Crippen molar-refractivity contribution in [1.29, 1.82) is 0 Å². The van der Waals surface area contributed by atoms with Crippen molar-refractivity contribution in [3.8, 4) is 0 Å². The van der Waals surface area contributed by atoms with Crippen LogP contribution in [-0.2, 0) is 10.0 Å². The molecule has 0 spiro atoms. The van der Waals surface area contributed by atoms with E-state index in [1.165, 1.54) is 6.20 Å². The molecule has 0 radical (unpaired) electrons. The molecule has 96 valence electrons. The number of aromatic nitrogens is 1. The highest BCUT2D eigenvalue weighted by molar-refractivity contribution is 7.91. The lowest BCUT2D eigenvalue weighted by Gasteiger charge is -2.31. The molecule has 1 fully saturated rings. The molecule has 0 aliphatic carbocycles. The first-order valence-electron chi connectivity index (χ1n) is 5.35. The number of piperidine rings is 1. The number of primary sulfonamides is 1. The smallest absolute Gasteiger partial charge is 0.249 e. The van der Waals surface area contributed by atoms with Gasteiger partial charge in [-0.25, -0.2) is 18.5 Å². The average Bonchev–Trinajstić information content (AvgIpc) is 2.78. The average molecular weight is 277 g/mol. The Morgan fingerprint density at radius 3 is 3.00 bits per heavy atom. The second kappa shape index (κ2) is 4.89. The van der Waals surface area contributed by atoms with E-state index in [9.17, 15) is 8.42 Å². The van der Waals surface area contributed by atoms with E-state index in [1.54, 1.807) is 0 Å². The molecule has 8 heteroatoms. The minimum absolute atomic E-state index is 0.0821. The third-order valence-corrected chi connectivity index (χ3v) is 5.27. The quantitative estimate of drug-likeness (QED) is 0.810. The molecule has 0 amide bonds. The van der Waals surface area contributed by atoms with Crippen LogP contribution in [0.25, 0.3) is 0 Å². The molecule has 1 aromatic rings. The maximum atomic E-state index is 11.1. The third-order valence-electron chi connectivity index (χ3n) is 2.80. The van der Waals surface area contributed by atoms with E-state index < -0.39 is 10.0 Å². The van der Waals surface area contributed by atoms with Crippen LogP contribution in [0.1, 0.15) is 12.8 Å². The maximum absolute atomic E-state index is 11.1. The van der Waals surface area contributed by atoms with Gasteiger partial charge in [0.1, 0.15) is 0 Å². The Kier molecular flexibility index (Phi) is 3.67. The summed E-state index contributed by atoms with van der Waals surface area (Å²) in [5, 5.41) is 14.8. The van der Waals surface area contributed by atoms with Crippen molar-refractivity contribution in [3.05, 3.63) is 6.20 Å². The zero-order valence-corrected chi connectivity index (χ0v) is 10.9. The van der Waals surface area contributed by atoms with Crippen molar-refractivity contribution in [2.45, 2.75) is 17.1 Å². The summed E-state index contributed by atoms with van der Waals surface area (Å²) < 4.78 is 22.4. The summed E-state index contributed by atoms with van der Waals surface area (Å²) >= 11 is 1.08. The fraction of sp³-hybridized carbons (Fsp3) is 0.667. The molecule has 0 unspecified atom stereocenters. The molecule has 6 nitrogen and oxygen atoms in total. The largest absolute Gasteiger partial charge is 0.396 e. The molecular formula is C9H15N3O3S2. The molecule has 2 rings (SSSR count). The molecule has 17 heavy (non-hydrogen) atoms. The van der Waals surface area contributed by atoms with Gasteiger partial charge in [-0.2, -0.15) is 0 Å². The lowest BCUT2D eigenvalue weighted by atomic mass is 10.00. The van der Waals surface area contributed by atoms with E-state index in [4.69, 9.17) is 10.2 Å². The predicted molar refractivity (Wildman–Crippen MR) is 65.5 cm³/mol. The number of nitrogens with zero attached hydrogens (tertiary/aromatic N) is 2. The molecule has 0 saturated carbocycles. The maximum Gasteiger partial charge on any atom is 0.249 e. The summed E-state index contributed by atoms with van der Waals surface area (Å²) in [6.07, 6.45) is 3.27. The van der Waals surface area contributed by atoms with Crippen LogP contribution in [0, 0.1) is 5.92 Å². The Hall–Kier alpha value is -0.700. The summed E-state index contributed by atoms with van der Waals surface area (Å²) in [6, 6.07) is 0. The fourth-order valence-corrected chi connectivity index (χ4v) is 3.49. The van der Waals surface area contributed by atoms with Crippen LogP contribution in [0.4, 0.5) is 5.13 Å². The Bertz CT molecular complexity index is 485. The second-order valence-electron chi connectivity index (χ2n) is 4.14. The van der Waals surface area contributed by atoms with Crippen LogP contribution < -0.4 is 10.0 Å². The van der Waals surface area contributed by atoms with Crippen LogP contribution in [0.3, 0.4) is 0 Å². The van der Waals surface area contributed by atoms with Gasteiger partial charge in [0, 0.05) is 19.7 Å². The first-order valence-corrected chi connectivity index (χ1v) is 7.71. The van der Waals surface area contributed by atoms with Crippen molar-refractivity contribution in [2.75, 3.05) is 24.6 Å². The topological polar surface area (TPSA) is 96.5 Å². The zero-order valence-electron chi connectivity index (χ0n) is 9.24. The summed E-state index contributed by atoms with van der Waals surface area (Å²) in [5.74, 6) is 0.241. The van der Waals surface area contributed by atoms with Crippen molar-refractivity contribution in [2.24, 2.45) is 11.1 Å². The van der Waals surface area contributed by atoms with Gasteiger partial charge in [0.2, 0.25) is 10.0 Å². The molecular weight excluding hydrogens is 262 g/mol. The molecule has 3 N–H and O–H groups in total. The van der Waals surface area contributed by atoms with Crippen LogP contribution in [0.5, 0.6) is 0 Å². The molecule has 1 atom stereocenters. The number of rotatable bonds is 3. The first kappa shape index (κ1) is 12.7. The normalized spacial score (nSPS) is 21.8. The van der Waals surface area contributed by atoms with Crippen molar-refractivity contribution < 1.29 is 13.5 Å². The minimum Gasteiger partial charge on any atom is -0.396 e. The van der Waals surface area contributed by atoms with Gasteiger partial charge in [0.25, 0.3) is 0 Å². The van der Waals surface area contributed by atoms with E-state index in [1.807, 2.05) is 4.90 Å². The van der Waals surface area contributed by atoms with Gasteiger partial charge in [-0.15, -0.1) is 0 Å². The number of hydrogen-bond acceptors (Lipinski definition) is 6. The Morgan fingerprint density at radius 1 is 1.65 bits per heavy atom. The van der Waals surface area contributed by atoms with Gasteiger partial charge in [-0.3, -0.25) is 0 Å².